The third kappa shape index (κ3) is 3.53. The monoisotopic (exact) mass is 238 g/mol. The van der Waals surface area contributed by atoms with Crippen LogP contribution in [0, 0.1) is 10.1 Å². The van der Waals surface area contributed by atoms with Gasteiger partial charge >= 0.3 is 0 Å². The Morgan fingerprint density at radius 2 is 2.12 bits per heavy atom. The van der Waals surface area contributed by atoms with Crippen molar-refractivity contribution in [1.82, 2.24) is 4.90 Å². The zero-order valence-electron chi connectivity index (χ0n) is 9.50. The molecule has 0 atom stereocenters. The van der Waals surface area contributed by atoms with E-state index in [2.05, 4.69) is 0 Å². The maximum absolute atomic E-state index is 11.7. The van der Waals surface area contributed by atoms with Crippen LogP contribution in [0.1, 0.15) is 5.56 Å². The van der Waals surface area contributed by atoms with Crippen molar-refractivity contribution >= 4 is 11.6 Å². The molecule has 1 aromatic rings. The lowest BCUT2D eigenvalue weighted by Crippen LogP contribution is -2.30. The molecule has 6 nitrogen and oxygen atoms in total. The van der Waals surface area contributed by atoms with Gasteiger partial charge in [-0.2, -0.15) is 0 Å². The van der Waals surface area contributed by atoms with Crippen LogP contribution in [0.2, 0.25) is 0 Å². The molecule has 1 rings (SSSR count). The fraction of sp³-hybridized carbons (Fsp3) is 0.364. The van der Waals surface area contributed by atoms with Crippen molar-refractivity contribution in [3.05, 3.63) is 39.9 Å². The number of rotatable bonds is 5. The van der Waals surface area contributed by atoms with E-state index in [4.69, 9.17) is 5.11 Å². The van der Waals surface area contributed by atoms with Crippen LogP contribution in [0.5, 0.6) is 0 Å². The highest BCUT2D eigenvalue weighted by Crippen LogP contribution is 2.18. The molecule has 0 saturated carbocycles. The van der Waals surface area contributed by atoms with Gasteiger partial charge in [-0.3, -0.25) is 14.9 Å². The number of carbonyl (C=O) groups excluding carboxylic acids is 1. The minimum atomic E-state index is -0.505. The van der Waals surface area contributed by atoms with E-state index >= 15 is 0 Å². The standard InChI is InChI=1S/C11H14N2O4/c1-12(6-7-14)11(15)8-9-4-2-3-5-10(9)13(16)17/h2-5,14H,6-8H2,1H3. The molecule has 0 aliphatic rings. The van der Waals surface area contributed by atoms with E-state index in [1.807, 2.05) is 0 Å². The first-order chi connectivity index (χ1) is 8.06. The maximum Gasteiger partial charge on any atom is 0.273 e. The molecule has 0 radical (unpaired) electrons. The number of nitro benzene ring substituents is 1. The lowest BCUT2D eigenvalue weighted by Gasteiger charge is -2.15. The quantitative estimate of drug-likeness (QED) is 0.601. The number of benzene rings is 1. The highest BCUT2D eigenvalue weighted by Gasteiger charge is 2.17. The van der Waals surface area contributed by atoms with Gasteiger partial charge in [0.2, 0.25) is 5.91 Å². The van der Waals surface area contributed by atoms with E-state index in [9.17, 15) is 14.9 Å². The summed E-state index contributed by atoms with van der Waals surface area (Å²) >= 11 is 0. The first kappa shape index (κ1) is 13.1. The number of amides is 1. The summed E-state index contributed by atoms with van der Waals surface area (Å²) in [5.74, 6) is -0.256. The third-order valence-electron chi connectivity index (χ3n) is 2.39. The van der Waals surface area contributed by atoms with Crippen molar-refractivity contribution in [1.29, 1.82) is 0 Å². The number of nitrogens with zero attached hydrogens (tertiary/aromatic N) is 2. The summed E-state index contributed by atoms with van der Waals surface area (Å²) in [6, 6.07) is 6.14. The number of aliphatic hydroxyl groups is 1. The summed E-state index contributed by atoms with van der Waals surface area (Å²) in [6.45, 7) is 0.0958. The Bertz CT molecular complexity index is 420. The van der Waals surface area contributed by atoms with Crippen molar-refractivity contribution < 1.29 is 14.8 Å². The highest BCUT2D eigenvalue weighted by molar-refractivity contribution is 5.79. The fourth-order valence-electron chi connectivity index (χ4n) is 1.41. The fourth-order valence-corrected chi connectivity index (χ4v) is 1.41. The van der Waals surface area contributed by atoms with Crippen LogP contribution >= 0.6 is 0 Å². The van der Waals surface area contributed by atoms with E-state index < -0.39 is 4.92 Å². The van der Waals surface area contributed by atoms with Gasteiger partial charge in [0.25, 0.3) is 5.69 Å². The number of hydrogen-bond donors (Lipinski definition) is 1. The predicted molar refractivity (Wildman–Crippen MR) is 61.5 cm³/mol. The van der Waals surface area contributed by atoms with Gasteiger partial charge in [-0.05, 0) is 0 Å². The molecule has 0 aliphatic heterocycles. The molecule has 92 valence electrons. The molecule has 1 aromatic carbocycles. The number of carbonyl (C=O) groups is 1. The molecule has 0 bridgehead atoms. The van der Waals surface area contributed by atoms with Crippen LogP contribution in [0.25, 0.3) is 0 Å². The average Bonchev–Trinajstić information content (AvgIpc) is 2.29. The predicted octanol–water partition coefficient (Wildman–Crippen LogP) is 0.588. The van der Waals surface area contributed by atoms with Crippen molar-refractivity contribution in [2.24, 2.45) is 0 Å². The number of nitro groups is 1. The van der Waals surface area contributed by atoms with Crippen LogP contribution in [0.4, 0.5) is 5.69 Å². The number of hydrogen-bond acceptors (Lipinski definition) is 4. The second-order valence-electron chi connectivity index (χ2n) is 3.60. The van der Waals surface area contributed by atoms with E-state index in [0.29, 0.717) is 5.56 Å². The van der Waals surface area contributed by atoms with Crippen molar-refractivity contribution in [2.75, 3.05) is 20.2 Å². The second kappa shape index (κ2) is 5.95. The minimum Gasteiger partial charge on any atom is -0.395 e. The summed E-state index contributed by atoms with van der Waals surface area (Å²) < 4.78 is 0. The Hall–Kier alpha value is -1.95. The topological polar surface area (TPSA) is 83.7 Å². The molecule has 0 saturated heterocycles. The van der Waals surface area contributed by atoms with Gasteiger partial charge in [0.05, 0.1) is 18.0 Å². The van der Waals surface area contributed by atoms with Gasteiger partial charge in [-0.15, -0.1) is 0 Å². The Balaban J connectivity index is 2.81. The number of aliphatic hydroxyl groups excluding tert-OH is 1. The average molecular weight is 238 g/mol. The van der Waals surface area contributed by atoms with Crippen LogP contribution in [-0.2, 0) is 11.2 Å². The van der Waals surface area contributed by atoms with Crippen molar-refractivity contribution in [2.45, 2.75) is 6.42 Å². The van der Waals surface area contributed by atoms with Crippen LogP contribution in [0.3, 0.4) is 0 Å². The molecule has 0 aromatic heterocycles. The molecule has 0 fully saturated rings. The molecule has 0 aliphatic carbocycles. The minimum absolute atomic E-state index is 0.0341. The van der Waals surface area contributed by atoms with E-state index in [0.717, 1.165) is 0 Å². The molecule has 0 unspecified atom stereocenters. The normalized spacial score (nSPS) is 10.0. The van der Waals surface area contributed by atoms with Crippen LogP contribution in [0.15, 0.2) is 24.3 Å². The third-order valence-corrected chi connectivity index (χ3v) is 2.39. The summed E-state index contributed by atoms with van der Waals surface area (Å²) in [4.78, 5) is 23.2. The van der Waals surface area contributed by atoms with Crippen LogP contribution in [-0.4, -0.2) is 41.0 Å². The highest BCUT2D eigenvalue weighted by atomic mass is 16.6. The SMILES string of the molecule is CN(CCO)C(=O)Cc1ccccc1[N+](=O)[O-]. The Morgan fingerprint density at radius 3 is 2.71 bits per heavy atom. The van der Waals surface area contributed by atoms with Gasteiger partial charge in [0, 0.05) is 25.2 Å². The summed E-state index contributed by atoms with van der Waals surface area (Å²) in [5.41, 5.74) is 0.325. The smallest absolute Gasteiger partial charge is 0.273 e. The molecule has 0 spiro atoms. The first-order valence-electron chi connectivity index (χ1n) is 5.13. The molecule has 17 heavy (non-hydrogen) atoms. The molecule has 1 N–H and O–H groups in total. The molecular formula is C11H14N2O4. The van der Waals surface area contributed by atoms with Gasteiger partial charge in [0.1, 0.15) is 0 Å². The molecule has 6 heteroatoms. The maximum atomic E-state index is 11.7. The number of likely N-dealkylation sites (N-methyl/N-ethyl adjacent to an activating group) is 1. The first-order valence-corrected chi connectivity index (χ1v) is 5.13. The van der Waals surface area contributed by atoms with Crippen LogP contribution < -0.4 is 0 Å². The van der Waals surface area contributed by atoms with Gasteiger partial charge in [-0.25, -0.2) is 0 Å². The lowest BCUT2D eigenvalue weighted by atomic mass is 10.1. The van der Waals surface area contributed by atoms with E-state index in [1.54, 1.807) is 25.2 Å². The lowest BCUT2D eigenvalue weighted by molar-refractivity contribution is -0.385. The van der Waals surface area contributed by atoms with E-state index in [-0.39, 0.29) is 31.2 Å². The Morgan fingerprint density at radius 1 is 1.47 bits per heavy atom. The second-order valence-corrected chi connectivity index (χ2v) is 3.60. The molecular weight excluding hydrogens is 224 g/mol. The van der Waals surface area contributed by atoms with Gasteiger partial charge < -0.3 is 10.0 Å². The number of para-hydroxylation sites is 1. The molecule has 1 amide bonds. The van der Waals surface area contributed by atoms with Gasteiger partial charge in [0.15, 0.2) is 0 Å². The summed E-state index contributed by atoms with van der Waals surface area (Å²) in [7, 11) is 1.55. The van der Waals surface area contributed by atoms with Crippen molar-refractivity contribution in [3.63, 3.8) is 0 Å². The Kier molecular flexibility index (Phi) is 4.59. The molecule has 0 heterocycles. The zero-order chi connectivity index (χ0) is 12.8. The Labute approximate surface area is 98.6 Å². The van der Waals surface area contributed by atoms with E-state index in [1.165, 1.54) is 11.0 Å². The summed E-state index contributed by atoms with van der Waals surface area (Å²) in [5, 5.41) is 19.4. The van der Waals surface area contributed by atoms with Gasteiger partial charge in [-0.1, -0.05) is 18.2 Å². The van der Waals surface area contributed by atoms with Crippen molar-refractivity contribution in [3.8, 4) is 0 Å². The largest absolute Gasteiger partial charge is 0.395 e. The summed E-state index contributed by atoms with van der Waals surface area (Å²) in [6.07, 6.45) is -0.0341. The zero-order valence-corrected chi connectivity index (χ0v) is 9.50.